The summed E-state index contributed by atoms with van der Waals surface area (Å²) in [6.07, 6.45) is 4.65. The lowest BCUT2D eigenvalue weighted by molar-refractivity contribution is 0.167. The van der Waals surface area contributed by atoms with E-state index in [0.717, 1.165) is 46.5 Å². The maximum Gasteiger partial charge on any atom is 0.336 e. The number of nitrogens with zero attached hydrogens (tertiary/aromatic N) is 5. The van der Waals surface area contributed by atoms with Crippen LogP contribution in [0.15, 0.2) is 59.3 Å². The molecule has 190 valence electrons. The lowest BCUT2D eigenvalue weighted by Crippen LogP contribution is -2.25. The Bertz CT molecular complexity index is 1210. The Morgan fingerprint density at radius 3 is 2.00 bits per heavy atom. The number of hydrogen-bond acceptors (Lipinski definition) is 7. The van der Waals surface area contributed by atoms with Crippen LogP contribution in [0.2, 0.25) is 0 Å². The van der Waals surface area contributed by atoms with E-state index in [2.05, 4.69) is 69.0 Å². The van der Waals surface area contributed by atoms with E-state index in [-0.39, 0.29) is 6.10 Å². The normalized spacial score (nSPS) is 11.9. The van der Waals surface area contributed by atoms with Crippen molar-refractivity contribution < 1.29 is 14.2 Å². The van der Waals surface area contributed by atoms with Gasteiger partial charge in [0.05, 0.1) is 20.4 Å². The minimum Gasteiger partial charge on any atom is -0.497 e. The van der Waals surface area contributed by atoms with Gasteiger partial charge in [0.25, 0.3) is 0 Å². The third kappa shape index (κ3) is 6.07. The highest BCUT2D eigenvalue weighted by molar-refractivity contribution is 9.10. The summed E-state index contributed by atoms with van der Waals surface area (Å²) in [6, 6.07) is 16.4. The van der Waals surface area contributed by atoms with Crippen molar-refractivity contribution in [3.05, 3.63) is 70.5 Å². The van der Waals surface area contributed by atoms with E-state index < -0.39 is 0 Å². The second kappa shape index (κ2) is 12.1. The first kappa shape index (κ1) is 25.8. The molecule has 8 nitrogen and oxygen atoms in total. The molecule has 0 saturated carbocycles. The molecule has 0 aliphatic rings. The van der Waals surface area contributed by atoms with E-state index in [0.29, 0.717) is 30.6 Å². The molecule has 2 aromatic carbocycles. The van der Waals surface area contributed by atoms with Gasteiger partial charge in [0, 0.05) is 13.1 Å². The number of fused-ring (bicyclic) bond motifs is 1. The predicted octanol–water partition coefficient (Wildman–Crippen LogP) is 6.07. The summed E-state index contributed by atoms with van der Waals surface area (Å²) in [7, 11) is 3.34. The SMILES string of the molecule is CCCC(CC)Oc1nc(N(Cc2ccc(OC)cc2)Cc2ccc(OC)cc2)c2ncc(Br)n2n1. The maximum absolute atomic E-state index is 6.24. The molecular weight excluding hydrogens is 522 g/mol. The van der Waals surface area contributed by atoms with Crippen LogP contribution >= 0.6 is 15.9 Å². The molecule has 0 N–H and O–H groups in total. The van der Waals surface area contributed by atoms with Crippen molar-refractivity contribution in [2.75, 3.05) is 19.1 Å². The number of halogens is 1. The van der Waals surface area contributed by atoms with Gasteiger partial charge in [0.15, 0.2) is 11.5 Å². The van der Waals surface area contributed by atoms with Gasteiger partial charge in [-0.1, -0.05) is 44.5 Å². The molecule has 0 aliphatic carbocycles. The lowest BCUT2D eigenvalue weighted by atomic mass is 10.1. The zero-order chi connectivity index (χ0) is 25.5. The maximum atomic E-state index is 6.24. The van der Waals surface area contributed by atoms with Gasteiger partial charge in [-0.15, -0.1) is 5.10 Å². The molecule has 4 rings (SSSR count). The monoisotopic (exact) mass is 553 g/mol. The Morgan fingerprint density at radius 1 is 0.917 bits per heavy atom. The van der Waals surface area contributed by atoms with Crippen LogP contribution in [0.5, 0.6) is 17.5 Å². The number of anilines is 1. The largest absolute Gasteiger partial charge is 0.497 e. The Kier molecular flexibility index (Phi) is 8.64. The smallest absolute Gasteiger partial charge is 0.336 e. The van der Waals surface area contributed by atoms with E-state index in [4.69, 9.17) is 19.2 Å². The molecule has 0 radical (unpaired) electrons. The summed E-state index contributed by atoms with van der Waals surface area (Å²) >= 11 is 3.57. The van der Waals surface area contributed by atoms with Crippen LogP contribution in [0.4, 0.5) is 5.82 Å². The fourth-order valence-corrected chi connectivity index (χ4v) is 4.36. The minimum absolute atomic E-state index is 0.0548. The zero-order valence-electron chi connectivity index (χ0n) is 21.1. The highest BCUT2D eigenvalue weighted by Crippen LogP contribution is 2.28. The quantitative estimate of drug-likeness (QED) is 0.211. The Hall–Kier alpha value is -3.33. The van der Waals surface area contributed by atoms with Gasteiger partial charge in [-0.2, -0.15) is 9.50 Å². The molecular formula is C27H32BrN5O3. The molecule has 0 fully saturated rings. The zero-order valence-corrected chi connectivity index (χ0v) is 22.7. The van der Waals surface area contributed by atoms with Crippen molar-refractivity contribution in [3.8, 4) is 17.5 Å². The molecule has 0 aliphatic heterocycles. The summed E-state index contributed by atoms with van der Waals surface area (Å²) in [5.41, 5.74) is 2.89. The van der Waals surface area contributed by atoms with Crippen molar-refractivity contribution in [1.82, 2.24) is 19.6 Å². The van der Waals surface area contributed by atoms with Gasteiger partial charge in [-0.25, -0.2) is 4.98 Å². The highest BCUT2D eigenvalue weighted by atomic mass is 79.9. The van der Waals surface area contributed by atoms with Crippen molar-refractivity contribution in [3.63, 3.8) is 0 Å². The van der Waals surface area contributed by atoms with Crippen molar-refractivity contribution in [2.45, 2.75) is 52.3 Å². The van der Waals surface area contributed by atoms with Crippen molar-refractivity contribution >= 4 is 27.4 Å². The number of imidazole rings is 1. The molecule has 2 heterocycles. The van der Waals surface area contributed by atoms with E-state index >= 15 is 0 Å². The minimum atomic E-state index is 0.0548. The summed E-state index contributed by atoms with van der Waals surface area (Å²) in [4.78, 5) is 11.7. The highest BCUT2D eigenvalue weighted by Gasteiger charge is 2.21. The summed E-state index contributed by atoms with van der Waals surface area (Å²) < 4.78 is 19.4. The van der Waals surface area contributed by atoms with E-state index in [9.17, 15) is 0 Å². The first-order valence-corrected chi connectivity index (χ1v) is 12.9. The fourth-order valence-electron chi connectivity index (χ4n) is 4.01. The number of ether oxygens (including phenoxy) is 3. The van der Waals surface area contributed by atoms with E-state index in [1.165, 1.54) is 0 Å². The molecule has 0 amide bonds. The standard InChI is InChI=1S/C27H32BrN5O3/c1-5-7-21(6-2)36-27-30-26(25-29-16-24(28)33(25)31-27)32(17-19-8-12-22(34-3)13-9-19)18-20-10-14-23(35-4)15-11-20/h8-16,21H,5-7,17-18H2,1-4H3. The molecule has 36 heavy (non-hydrogen) atoms. The molecule has 0 saturated heterocycles. The second-order valence-corrected chi connectivity index (χ2v) is 9.34. The van der Waals surface area contributed by atoms with Gasteiger partial charge in [-0.3, -0.25) is 0 Å². The van der Waals surface area contributed by atoms with Crippen molar-refractivity contribution in [2.24, 2.45) is 0 Å². The molecule has 2 aromatic heterocycles. The predicted molar refractivity (Wildman–Crippen MR) is 144 cm³/mol. The average molecular weight is 554 g/mol. The van der Waals surface area contributed by atoms with Crippen LogP contribution in [0.3, 0.4) is 0 Å². The number of aromatic nitrogens is 4. The number of rotatable bonds is 12. The van der Waals surface area contributed by atoms with Crippen molar-refractivity contribution in [1.29, 1.82) is 0 Å². The molecule has 0 bridgehead atoms. The molecule has 9 heteroatoms. The lowest BCUT2D eigenvalue weighted by Gasteiger charge is -2.25. The van der Waals surface area contributed by atoms with E-state index in [1.54, 1.807) is 24.9 Å². The van der Waals surface area contributed by atoms with Crippen LogP contribution in [-0.2, 0) is 13.1 Å². The average Bonchev–Trinajstić information content (AvgIpc) is 3.28. The Morgan fingerprint density at radius 2 is 1.50 bits per heavy atom. The second-order valence-electron chi connectivity index (χ2n) is 8.52. The number of methoxy groups -OCH3 is 2. The Labute approximate surface area is 220 Å². The number of hydrogen-bond donors (Lipinski definition) is 0. The molecule has 4 aromatic rings. The van der Waals surface area contributed by atoms with Crippen LogP contribution in [-0.4, -0.2) is 39.9 Å². The molecule has 1 atom stereocenters. The van der Waals surface area contributed by atoms with Crippen LogP contribution in [0.25, 0.3) is 5.65 Å². The summed E-state index contributed by atoms with van der Waals surface area (Å²) in [6.45, 7) is 5.49. The third-order valence-corrected chi connectivity index (χ3v) is 6.53. The summed E-state index contributed by atoms with van der Waals surface area (Å²) in [5.74, 6) is 2.34. The van der Waals surface area contributed by atoms with Gasteiger partial charge < -0.3 is 19.1 Å². The first-order valence-electron chi connectivity index (χ1n) is 12.1. The van der Waals surface area contributed by atoms with Crippen LogP contribution < -0.4 is 19.1 Å². The fraction of sp³-hybridized carbons (Fsp3) is 0.370. The molecule has 1 unspecified atom stereocenters. The van der Waals surface area contributed by atoms with Gasteiger partial charge in [-0.05, 0) is 64.2 Å². The van der Waals surface area contributed by atoms with Gasteiger partial charge in [0.1, 0.15) is 22.2 Å². The van der Waals surface area contributed by atoms with Gasteiger partial charge in [0.2, 0.25) is 0 Å². The Balaban J connectivity index is 1.76. The molecule has 0 spiro atoms. The van der Waals surface area contributed by atoms with Crippen LogP contribution in [0.1, 0.15) is 44.2 Å². The van der Waals surface area contributed by atoms with Crippen LogP contribution in [0, 0.1) is 0 Å². The van der Waals surface area contributed by atoms with Gasteiger partial charge >= 0.3 is 6.01 Å². The summed E-state index contributed by atoms with van der Waals surface area (Å²) in [5, 5.41) is 4.62. The first-order chi connectivity index (χ1) is 17.5. The topological polar surface area (TPSA) is 74.0 Å². The number of benzene rings is 2. The third-order valence-electron chi connectivity index (χ3n) is 5.99. The van der Waals surface area contributed by atoms with E-state index in [1.807, 2.05) is 24.3 Å².